The fourth-order valence-electron chi connectivity index (χ4n) is 2.85. The summed E-state index contributed by atoms with van der Waals surface area (Å²) in [6, 6.07) is 8.38. The SMILES string of the molecule is O=C(CCCN1C(=O)c2ccc(Br)cc2C1=O)Nc1cc(C(=O)O)ccc1O. The second-order valence-electron chi connectivity index (χ2n) is 6.14. The highest BCUT2D eigenvalue weighted by atomic mass is 79.9. The van der Waals surface area contributed by atoms with Crippen molar-refractivity contribution < 1.29 is 29.4 Å². The number of hydrogen-bond donors (Lipinski definition) is 3. The number of imide groups is 1. The van der Waals surface area contributed by atoms with Crippen LogP contribution in [0.2, 0.25) is 0 Å². The number of halogens is 1. The minimum atomic E-state index is -1.19. The number of carboxylic acid groups (broad SMARTS) is 1. The summed E-state index contributed by atoms with van der Waals surface area (Å²) >= 11 is 3.26. The molecule has 2 aromatic rings. The van der Waals surface area contributed by atoms with Crippen molar-refractivity contribution in [1.82, 2.24) is 4.90 Å². The molecule has 0 fully saturated rings. The van der Waals surface area contributed by atoms with Crippen LogP contribution in [0.1, 0.15) is 43.9 Å². The lowest BCUT2D eigenvalue weighted by Crippen LogP contribution is -2.31. The highest BCUT2D eigenvalue weighted by molar-refractivity contribution is 9.10. The Kier molecular flexibility index (Phi) is 5.46. The van der Waals surface area contributed by atoms with E-state index < -0.39 is 23.7 Å². The van der Waals surface area contributed by atoms with E-state index in [0.717, 1.165) is 11.0 Å². The number of hydrogen-bond acceptors (Lipinski definition) is 5. The van der Waals surface area contributed by atoms with Gasteiger partial charge in [-0.15, -0.1) is 0 Å². The Hall–Kier alpha value is -3.20. The van der Waals surface area contributed by atoms with Gasteiger partial charge >= 0.3 is 5.97 Å². The van der Waals surface area contributed by atoms with Gasteiger partial charge < -0.3 is 15.5 Å². The zero-order chi connectivity index (χ0) is 20.4. The van der Waals surface area contributed by atoms with Gasteiger partial charge in [0.15, 0.2) is 0 Å². The molecule has 3 N–H and O–H groups in total. The smallest absolute Gasteiger partial charge is 0.335 e. The number of aromatic carboxylic acids is 1. The molecule has 9 heteroatoms. The number of carbonyl (C=O) groups is 4. The highest BCUT2D eigenvalue weighted by Crippen LogP contribution is 2.27. The first-order chi connectivity index (χ1) is 13.3. The Morgan fingerprint density at radius 3 is 2.46 bits per heavy atom. The van der Waals surface area contributed by atoms with Gasteiger partial charge in [0.05, 0.1) is 22.4 Å². The Labute approximate surface area is 167 Å². The zero-order valence-corrected chi connectivity index (χ0v) is 16.0. The van der Waals surface area contributed by atoms with Crippen molar-refractivity contribution in [2.75, 3.05) is 11.9 Å². The molecule has 0 radical (unpaired) electrons. The third kappa shape index (κ3) is 3.89. The summed E-state index contributed by atoms with van der Waals surface area (Å²) in [4.78, 5) is 48.8. The van der Waals surface area contributed by atoms with Crippen LogP contribution < -0.4 is 5.32 Å². The van der Waals surface area contributed by atoms with Gasteiger partial charge in [0.2, 0.25) is 5.91 Å². The fourth-order valence-corrected chi connectivity index (χ4v) is 3.21. The van der Waals surface area contributed by atoms with Crippen LogP contribution in [0.15, 0.2) is 40.9 Å². The van der Waals surface area contributed by atoms with Crippen LogP contribution in [-0.4, -0.2) is 45.3 Å². The summed E-state index contributed by atoms with van der Waals surface area (Å²) < 4.78 is 0.692. The summed E-state index contributed by atoms with van der Waals surface area (Å²) in [7, 11) is 0. The lowest BCUT2D eigenvalue weighted by Gasteiger charge is -2.13. The van der Waals surface area contributed by atoms with E-state index in [9.17, 15) is 24.3 Å². The predicted octanol–water partition coefficient (Wildman–Crippen LogP) is 2.87. The molecular formula is C19H15BrN2O6. The molecule has 1 aliphatic heterocycles. The summed E-state index contributed by atoms with van der Waals surface area (Å²) in [5.74, 6) is -2.73. The largest absolute Gasteiger partial charge is 0.506 e. The van der Waals surface area contributed by atoms with E-state index in [0.29, 0.717) is 15.6 Å². The number of carboxylic acids is 1. The van der Waals surface area contributed by atoms with E-state index in [2.05, 4.69) is 21.2 Å². The van der Waals surface area contributed by atoms with Crippen molar-refractivity contribution in [3.8, 4) is 5.75 Å². The van der Waals surface area contributed by atoms with E-state index in [-0.39, 0.29) is 36.4 Å². The minimum absolute atomic E-state index is 0.0181. The molecule has 0 aliphatic carbocycles. The van der Waals surface area contributed by atoms with Gasteiger partial charge in [-0.05, 0) is 42.8 Å². The van der Waals surface area contributed by atoms with Gasteiger partial charge in [0, 0.05) is 17.4 Å². The molecule has 1 heterocycles. The van der Waals surface area contributed by atoms with Gasteiger partial charge in [-0.1, -0.05) is 15.9 Å². The van der Waals surface area contributed by atoms with E-state index in [1.165, 1.54) is 12.1 Å². The van der Waals surface area contributed by atoms with Crippen molar-refractivity contribution in [1.29, 1.82) is 0 Å². The number of carbonyl (C=O) groups excluding carboxylic acids is 3. The molecule has 3 rings (SSSR count). The Balaban J connectivity index is 1.58. The molecule has 144 valence electrons. The summed E-state index contributed by atoms with van der Waals surface area (Å²) in [6.07, 6.45) is 0.200. The molecular weight excluding hydrogens is 432 g/mol. The Morgan fingerprint density at radius 1 is 1.04 bits per heavy atom. The average molecular weight is 447 g/mol. The van der Waals surface area contributed by atoms with Crippen molar-refractivity contribution in [3.63, 3.8) is 0 Å². The van der Waals surface area contributed by atoms with E-state index in [1.807, 2.05) is 0 Å². The molecule has 0 aromatic heterocycles. The van der Waals surface area contributed by atoms with Crippen LogP contribution in [0.25, 0.3) is 0 Å². The number of phenols is 1. The monoisotopic (exact) mass is 446 g/mol. The molecule has 0 unspecified atom stereocenters. The quantitative estimate of drug-likeness (QED) is 0.462. The number of anilines is 1. The van der Waals surface area contributed by atoms with Gasteiger partial charge in [-0.2, -0.15) is 0 Å². The molecule has 0 saturated carbocycles. The van der Waals surface area contributed by atoms with Gasteiger partial charge in [0.1, 0.15) is 5.75 Å². The molecule has 28 heavy (non-hydrogen) atoms. The number of fused-ring (bicyclic) bond motifs is 1. The maximum Gasteiger partial charge on any atom is 0.335 e. The fraction of sp³-hybridized carbons (Fsp3) is 0.158. The lowest BCUT2D eigenvalue weighted by molar-refractivity contribution is -0.116. The van der Waals surface area contributed by atoms with Crippen molar-refractivity contribution in [2.45, 2.75) is 12.8 Å². The number of benzene rings is 2. The molecule has 2 aromatic carbocycles. The third-order valence-electron chi connectivity index (χ3n) is 4.24. The van der Waals surface area contributed by atoms with E-state index >= 15 is 0 Å². The zero-order valence-electron chi connectivity index (χ0n) is 14.4. The molecule has 0 saturated heterocycles. The molecule has 3 amide bonds. The second-order valence-corrected chi connectivity index (χ2v) is 7.06. The minimum Gasteiger partial charge on any atom is -0.506 e. The van der Waals surface area contributed by atoms with Gasteiger partial charge in [0.25, 0.3) is 11.8 Å². The summed E-state index contributed by atoms with van der Waals surface area (Å²) in [6.45, 7) is 0.0680. The number of rotatable bonds is 6. The second kappa shape index (κ2) is 7.81. The normalized spacial score (nSPS) is 12.8. The Morgan fingerprint density at radius 2 is 1.75 bits per heavy atom. The molecule has 0 spiro atoms. The number of nitrogens with zero attached hydrogens (tertiary/aromatic N) is 1. The number of phenolic OH excluding ortho intramolecular Hbond substituents is 1. The van der Waals surface area contributed by atoms with Crippen molar-refractivity contribution in [2.24, 2.45) is 0 Å². The van der Waals surface area contributed by atoms with E-state index in [1.54, 1.807) is 18.2 Å². The summed E-state index contributed by atoms with van der Waals surface area (Å²) in [5.41, 5.74) is 0.549. The van der Waals surface area contributed by atoms with Crippen molar-refractivity contribution in [3.05, 3.63) is 57.6 Å². The van der Waals surface area contributed by atoms with Gasteiger partial charge in [-0.25, -0.2) is 4.79 Å². The first-order valence-corrected chi connectivity index (χ1v) is 9.09. The maximum absolute atomic E-state index is 12.4. The first kappa shape index (κ1) is 19.6. The van der Waals surface area contributed by atoms with Crippen LogP contribution in [0.4, 0.5) is 5.69 Å². The number of aromatic hydroxyl groups is 1. The average Bonchev–Trinajstić information content (AvgIpc) is 2.87. The topological polar surface area (TPSA) is 124 Å². The van der Waals surface area contributed by atoms with Crippen molar-refractivity contribution >= 4 is 45.3 Å². The lowest BCUT2D eigenvalue weighted by atomic mass is 10.1. The molecule has 8 nitrogen and oxygen atoms in total. The van der Waals surface area contributed by atoms with Crippen LogP contribution in [0.5, 0.6) is 5.75 Å². The van der Waals surface area contributed by atoms with Crippen LogP contribution in [0, 0.1) is 0 Å². The van der Waals surface area contributed by atoms with Gasteiger partial charge in [-0.3, -0.25) is 19.3 Å². The van der Waals surface area contributed by atoms with Crippen LogP contribution in [-0.2, 0) is 4.79 Å². The standard InChI is InChI=1S/C19H15BrN2O6/c20-11-4-5-12-13(9-11)18(26)22(17(12)25)7-1-2-16(24)21-14-8-10(19(27)28)3-6-15(14)23/h3-6,8-9,23H,1-2,7H2,(H,21,24)(H,27,28). The van der Waals surface area contributed by atoms with Crippen LogP contribution >= 0.6 is 15.9 Å². The van der Waals surface area contributed by atoms with Crippen LogP contribution in [0.3, 0.4) is 0 Å². The number of nitrogens with one attached hydrogen (secondary N) is 1. The summed E-state index contributed by atoms with van der Waals surface area (Å²) in [5, 5.41) is 21.1. The molecule has 0 bridgehead atoms. The predicted molar refractivity (Wildman–Crippen MR) is 102 cm³/mol. The van der Waals surface area contributed by atoms with E-state index in [4.69, 9.17) is 5.11 Å². The highest BCUT2D eigenvalue weighted by Gasteiger charge is 2.35. The molecule has 0 atom stereocenters. The third-order valence-corrected chi connectivity index (χ3v) is 4.73. The maximum atomic E-state index is 12.4. The Bertz CT molecular complexity index is 1000. The first-order valence-electron chi connectivity index (χ1n) is 8.30. The molecule has 1 aliphatic rings. The number of amides is 3.